The predicted octanol–water partition coefficient (Wildman–Crippen LogP) is 4.46. The minimum Gasteiger partial charge on any atom is -0.331 e. The van der Waals surface area contributed by atoms with Crippen LogP contribution in [0, 0.1) is 5.92 Å². The first kappa shape index (κ1) is 17.5. The van der Waals surface area contributed by atoms with Crippen LogP contribution in [0.25, 0.3) is 0 Å². The average Bonchev–Trinajstić information content (AvgIpc) is 3.05. The standard InChI is InChI=1S/C18H25N3OS/c1-4-17(16-6-5-8-19-10-16)20-18(22)21(11-14(2)3)12-15-7-9-23-13-15/h5-10,13-14,17H,4,11-12H2,1-3H3,(H,20,22). The molecule has 1 unspecified atom stereocenters. The van der Waals surface area contributed by atoms with Crippen LogP contribution < -0.4 is 5.32 Å². The van der Waals surface area contributed by atoms with E-state index in [4.69, 9.17) is 0 Å². The minimum atomic E-state index is -0.0133. The van der Waals surface area contributed by atoms with Crippen LogP contribution in [0.4, 0.5) is 4.79 Å². The molecule has 23 heavy (non-hydrogen) atoms. The maximum Gasteiger partial charge on any atom is 0.318 e. The van der Waals surface area contributed by atoms with Crippen molar-refractivity contribution >= 4 is 17.4 Å². The van der Waals surface area contributed by atoms with Gasteiger partial charge in [0.1, 0.15) is 0 Å². The molecule has 0 aliphatic rings. The molecule has 5 heteroatoms. The van der Waals surface area contributed by atoms with E-state index >= 15 is 0 Å². The first-order valence-electron chi connectivity index (χ1n) is 8.06. The number of hydrogen-bond donors (Lipinski definition) is 1. The highest BCUT2D eigenvalue weighted by molar-refractivity contribution is 7.07. The highest BCUT2D eigenvalue weighted by Crippen LogP contribution is 2.17. The smallest absolute Gasteiger partial charge is 0.318 e. The Balaban J connectivity index is 2.06. The Bertz CT molecular complexity index is 584. The zero-order valence-corrected chi connectivity index (χ0v) is 14.8. The summed E-state index contributed by atoms with van der Waals surface area (Å²) in [5, 5.41) is 7.29. The fraction of sp³-hybridized carbons (Fsp3) is 0.444. The van der Waals surface area contributed by atoms with Gasteiger partial charge in [0.15, 0.2) is 0 Å². The van der Waals surface area contributed by atoms with E-state index in [1.54, 1.807) is 17.5 Å². The molecule has 0 aliphatic carbocycles. The number of rotatable bonds is 7. The Labute approximate surface area is 142 Å². The van der Waals surface area contributed by atoms with Gasteiger partial charge in [0.25, 0.3) is 0 Å². The van der Waals surface area contributed by atoms with Crippen LogP contribution in [0.2, 0.25) is 0 Å². The van der Waals surface area contributed by atoms with Gasteiger partial charge in [0.05, 0.1) is 6.04 Å². The minimum absolute atomic E-state index is 0.00617. The number of nitrogens with one attached hydrogen (secondary N) is 1. The summed E-state index contributed by atoms with van der Waals surface area (Å²) >= 11 is 1.66. The Morgan fingerprint density at radius 3 is 2.78 bits per heavy atom. The highest BCUT2D eigenvalue weighted by Gasteiger charge is 2.19. The molecule has 1 atom stereocenters. The average molecular weight is 331 g/mol. The first-order chi connectivity index (χ1) is 11.1. The first-order valence-corrected chi connectivity index (χ1v) is 9.00. The van der Waals surface area contributed by atoms with Crippen LogP contribution in [0.3, 0.4) is 0 Å². The van der Waals surface area contributed by atoms with Crippen LogP contribution in [-0.2, 0) is 6.54 Å². The molecule has 4 nitrogen and oxygen atoms in total. The molecular weight excluding hydrogens is 306 g/mol. The van der Waals surface area contributed by atoms with Gasteiger partial charge in [0, 0.05) is 25.5 Å². The number of urea groups is 1. The lowest BCUT2D eigenvalue weighted by molar-refractivity contribution is 0.183. The number of aromatic nitrogens is 1. The van der Waals surface area contributed by atoms with Gasteiger partial charge in [-0.15, -0.1) is 0 Å². The number of carbonyl (C=O) groups is 1. The molecule has 1 N–H and O–H groups in total. The number of nitrogens with zero attached hydrogens (tertiary/aromatic N) is 2. The summed E-state index contributed by atoms with van der Waals surface area (Å²) in [6.07, 6.45) is 4.41. The van der Waals surface area contributed by atoms with Gasteiger partial charge < -0.3 is 10.2 Å². The van der Waals surface area contributed by atoms with E-state index in [0.717, 1.165) is 18.5 Å². The summed E-state index contributed by atoms with van der Waals surface area (Å²) in [5.74, 6) is 0.429. The van der Waals surface area contributed by atoms with Gasteiger partial charge in [0.2, 0.25) is 0 Å². The van der Waals surface area contributed by atoms with Gasteiger partial charge in [-0.1, -0.05) is 26.8 Å². The van der Waals surface area contributed by atoms with Crippen molar-refractivity contribution in [3.05, 3.63) is 52.5 Å². The van der Waals surface area contributed by atoms with Crippen molar-refractivity contribution in [3.8, 4) is 0 Å². The number of thiophene rings is 1. The monoisotopic (exact) mass is 331 g/mol. The van der Waals surface area contributed by atoms with Gasteiger partial charge in [-0.25, -0.2) is 4.79 Å². The lowest BCUT2D eigenvalue weighted by atomic mass is 10.1. The van der Waals surface area contributed by atoms with Crippen molar-refractivity contribution in [1.82, 2.24) is 15.2 Å². The lowest BCUT2D eigenvalue weighted by Crippen LogP contribution is -2.42. The fourth-order valence-corrected chi connectivity index (χ4v) is 3.17. The molecule has 2 aromatic heterocycles. The van der Waals surface area contributed by atoms with E-state index in [-0.39, 0.29) is 12.1 Å². The van der Waals surface area contributed by atoms with Gasteiger partial charge in [-0.05, 0) is 46.4 Å². The van der Waals surface area contributed by atoms with E-state index in [1.807, 2.05) is 28.6 Å². The molecule has 124 valence electrons. The molecule has 0 aromatic carbocycles. The van der Waals surface area contributed by atoms with Gasteiger partial charge in [-0.2, -0.15) is 11.3 Å². The van der Waals surface area contributed by atoms with Crippen molar-refractivity contribution < 1.29 is 4.79 Å². The van der Waals surface area contributed by atoms with Crippen molar-refractivity contribution in [2.75, 3.05) is 6.54 Å². The zero-order chi connectivity index (χ0) is 16.7. The lowest BCUT2D eigenvalue weighted by Gasteiger charge is -2.27. The summed E-state index contributed by atoms with van der Waals surface area (Å²) < 4.78 is 0. The number of carbonyl (C=O) groups excluding carboxylic acids is 1. The fourth-order valence-electron chi connectivity index (χ4n) is 2.51. The second kappa shape index (κ2) is 8.67. The van der Waals surface area contributed by atoms with Crippen LogP contribution in [0.1, 0.15) is 44.4 Å². The number of amides is 2. The second-order valence-electron chi connectivity index (χ2n) is 6.10. The van der Waals surface area contributed by atoms with Crippen molar-refractivity contribution in [2.45, 2.75) is 39.8 Å². The summed E-state index contributed by atoms with van der Waals surface area (Å²) in [7, 11) is 0. The van der Waals surface area contributed by atoms with E-state index in [2.05, 4.69) is 42.5 Å². The quantitative estimate of drug-likeness (QED) is 0.814. The molecule has 0 spiro atoms. The van der Waals surface area contributed by atoms with E-state index in [0.29, 0.717) is 12.5 Å². The molecule has 2 aromatic rings. The second-order valence-corrected chi connectivity index (χ2v) is 6.88. The predicted molar refractivity (Wildman–Crippen MR) is 95.4 cm³/mol. The Kier molecular flexibility index (Phi) is 6.59. The third-order valence-electron chi connectivity index (χ3n) is 3.62. The van der Waals surface area contributed by atoms with Crippen LogP contribution in [0.5, 0.6) is 0 Å². The molecule has 0 aliphatic heterocycles. The van der Waals surface area contributed by atoms with Crippen molar-refractivity contribution in [1.29, 1.82) is 0 Å². The normalized spacial score (nSPS) is 12.2. The van der Waals surface area contributed by atoms with Crippen molar-refractivity contribution in [3.63, 3.8) is 0 Å². The maximum atomic E-state index is 12.7. The largest absolute Gasteiger partial charge is 0.331 e. The third kappa shape index (κ3) is 5.36. The van der Waals surface area contributed by atoms with E-state index in [9.17, 15) is 4.79 Å². The number of pyridine rings is 1. The van der Waals surface area contributed by atoms with Crippen LogP contribution in [-0.4, -0.2) is 22.5 Å². The summed E-state index contributed by atoms with van der Waals surface area (Å²) in [5.41, 5.74) is 2.23. The maximum absolute atomic E-state index is 12.7. The van der Waals surface area contributed by atoms with Gasteiger partial charge >= 0.3 is 6.03 Å². The number of hydrogen-bond acceptors (Lipinski definition) is 3. The van der Waals surface area contributed by atoms with Crippen LogP contribution in [0.15, 0.2) is 41.4 Å². The molecule has 2 amide bonds. The molecule has 0 radical (unpaired) electrons. The Hall–Kier alpha value is -1.88. The van der Waals surface area contributed by atoms with Crippen LogP contribution >= 0.6 is 11.3 Å². The molecule has 0 bridgehead atoms. The zero-order valence-electron chi connectivity index (χ0n) is 14.0. The highest BCUT2D eigenvalue weighted by atomic mass is 32.1. The molecule has 0 saturated heterocycles. The van der Waals surface area contributed by atoms with Gasteiger partial charge in [-0.3, -0.25) is 4.98 Å². The topological polar surface area (TPSA) is 45.2 Å². The molecule has 0 fully saturated rings. The SMILES string of the molecule is CCC(NC(=O)N(Cc1ccsc1)CC(C)C)c1cccnc1. The summed E-state index contributed by atoms with van der Waals surface area (Å²) in [4.78, 5) is 18.8. The Morgan fingerprint density at radius 1 is 1.39 bits per heavy atom. The summed E-state index contributed by atoms with van der Waals surface area (Å²) in [6.45, 7) is 7.73. The summed E-state index contributed by atoms with van der Waals surface area (Å²) in [6, 6.07) is 5.96. The van der Waals surface area contributed by atoms with Crippen molar-refractivity contribution in [2.24, 2.45) is 5.92 Å². The van der Waals surface area contributed by atoms with E-state index in [1.165, 1.54) is 5.56 Å². The molecule has 2 rings (SSSR count). The van der Waals surface area contributed by atoms with E-state index < -0.39 is 0 Å². The molecule has 2 heterocycles. The Morgan fingerprint density at radius 2 is 2.22 bits per heavy atom. The third-order valence-corrected chi connectivity index (χ3v) is 4.35. The molecular formula is C18H25N3OS. The molecule has 0 saturated carbocycles.